The van der Waals surface area contributed by atoms with Gasteiger partial charge in [0.25, 0.3) is 0 Å². The molecule has 2 rings (SSSR count). The molecule has 0 N–H and O–H groups in total. The van der Waals surface area contributed by atoms with Crippen LogP contribution in [0.3, 0.4) is 0 Å². The van der Waals surface area contributed by atoms with Crippen LogP contribution < -0.4 is 4.90 Å². The molecule has 0 amide bonds. The van der Waals surface area contributed by atoms with Crippen molar-refractivity contribution in [2.75, 3.05) is 29.5 Å². The largest absolute Gasteiger partial charge is 0.369 e. The fourth-order valence-corrected chi connectivity index (χ4v) is 3.21. The fourth-order valence-electron chi connectivity index (χ4n) is 1.66. The molecule has 0 aliphatic carbocycles. The van der Waals surface area contributed by atoms with E-state index in [0.29, 0.717) is 0 Å². The maximum absolute atomic E-state index is 10.6. The summed E-state index contributed by atoms with van der Waals surface area (Å²) >= 11 is 5.51. The van der Waals surface area contributed by atoms with Crippen molar-refractivity contribution >= 4 is 39.7 Å². The third-order valence-electron chi connectivity index (χ3n) is 2.46. The Morgan fingerprint density at radius 3 is 2.67 bits per heavy atom. The van der Waals surface area contributed by atoms with Crippen LogP contribution >= 0.6 is 27.7 Å². The first-order valence-electron chi connectivity index (χ1n) is 4.88. The predicted molar refractivity (Wildman–Crippen MR) is 69.1 cm³/mol. The summed E-state index contributed by atoms with van der Waals surface area (Å²) in [6.07, 6.45) is 0.876. The second kappa shape index (κ2) is 5.03. The lowest BCUT2D eigenvalue weighted by Gasteiger charge is -2.29. The van der Waals surface area contributed by atoms with E-state index in [9.17, 15) is 4.79 Å². The van der Waals surface area contributed by atoms with Gasteiger partial charge in [0.15, 0.2) is 0 Å². The van der Waals surface area contributed by atoms with Gasteiger partial charge >= 0.3 is 0 Å². The third-order valence-corrected chi connectivity index (χ3v) is 4.04. The Balaban J connectivity index is 2.23. The highest BCUT2D eigenvalue weighted by molar-refractivity contribution is 9.10. The minimum atomic E-state index is 0.719. The molecule has 0 unspecified atom stereocenters. The van der Waals surface area contributed by atoms with Gasteiger partial charge in [0.05, 0.1) is 5.69 Å². The molecule has 15 heavy (non-hydrogen) atoms. The third kappa shape index (κ3) is 2.55. The number of carbonyl (C=O) groups excluding carboxylic acids is 1. The number of rotatable bonds is 2. The first kappa shape index (κ1) is 11.0. The van der Waals surface area contributed by atoms with Gasteiger partial charge in [-0.05, 0) is 34.1 Å². The second-order valence-electron chi connectivity index (χ2n) is 3.43. The highest BCUT2D eigenvalue weighted by atomic mass is 79.9. The van der Waals surface area contributed by atoms with Crippen LogP contribution in [0.5, 0.6) is 0 Å². The minimum Gasteiger partial charge on any atom is -0.369 e. The Labute approximate surface area is 102 Å². The van der Waals surface area contributed by atoms with E-state index < -0.39 is 0 Å². The zero-order valence-corrected chi connectivity index (χ0v) is 10.7. The number of carbonyl (C=O) groups is 1. The molecule has 1 aliphatic heterocycles. The van der Waals surface area contributed by atoms with E-state index in [-0.39, 0.29) is 0 Å². The topological polar surface area (TPSA) is 20.3 Å². The second-order valence-corrected chi connectivity index (χ2v) is 5.51. The highest BCUT2D eigenvalue weighted by Crippen LogP contribution is 2.28. The number of aldehydes is 1. The minimum absolute atomic E-state index is 0.719. The van der Waals surface area contributed by atoms with Gasteiger partial charge in [-0.15, -0.1) is 0 Å². The summed E-state index contributed by atoms with van der Waals surface area (Å²) in [5.41, 5.74) is 1.91. The van der Waals surface area contributed by atoms with E-state index >= 15 is 0 Å². The van der Waals surface area contributed by atoms with Crippen molar-refractivity contribution in [3.8, 4) is 0 Å². The molecule has 0 spiro atoms. The number of hydrogen-bond donors (Lipinski definition) is 0. The number of thioether (sulfide) groups is 1. The van der Waals surface area contributed by atoms with Gasteiger partial charge in [0.1, 0.15) is 6.29 Å². The standard InChI is InChI=1S/C11H12BrNOS/c12-10-7-9(8-14)1-2-11(10)13-3-5-15-6-4-13/h1-2,7-8H,3-6H2. The summed E-state index contributed by atoms with van der Waals surface area (Å²) in [7, 11) is 0. The Hall–Kier alpha value is -0.480. The smallest absolute Gasteiger partial charge is 0.150 e. The molecule has 1 saturated heterocycles. The summed E-state index contributed by atoms with van der Waals surface area (Å²) in [5, 5.41) is 0. The van der Waals surface area contributed by atoms with Crippen molar-refractivity contribution < 1.29 is 4.79 Å². The van der Waals surface area contributed by atoms with E-state index in [1.165, 1.54) is 17.2 Å². The summed E-state index contributed by atoms with van der Waals surface area (Å²) in [5.74, 6) is 2.36. The van der Waals surface area contributed by atoms with Gasteiger partial charge in [-0.1, -0.05) is 0 Å². The number of nitrogens with zero attached hydrogens (tertiary/aromatic N) is 1. The van der Waals surface area contributed by atoms with E-state index in [1.54, 1.807) is 0 Å². The number of benzene rings is 1. The quantitative estimate of drug-likeness (QED) is 0.780. The van der Waals surface area contributed by atoms with Crippen molar-refractivity contribution in [3.05, 3.63) is 28.2 Å². The van der Waals surface area contributed by atoms with Crippen LogP contribution in [-0.4, -0.2) is 30.9 Å². The van der Waals surface area contributed by atoms with Crippen LogP contribution in [0.25, 0.3) is 0 Å². The average Bonchev–Trinajstić information content (AvgIpc) is 2.30. The molecular formula is C11H12BrNOS. The number of hydrogen-bond acceptors (Lipinski definition) is 3. The van der Waals surface area contributed by atoms with Gasteiger partial charge in [-0.3, -0.25) is 4.79 Å². The van der Waals surface area contributed by atoms with Crippen molar-refractivity contribution in [3.63, 3.8) is 0 Å². The van der Waals surface area contributed by atoms with Crippen molar-refractivity contribution in [1.29, 1.82) is 0 Å². The summed E-state index contributed by atoms with van der Waals surface area (Å²) in [6.45, 7) is 2.17. The molecule has 80 valence electrons. The van der Waals surface area contributed by atoms with Crippen molar-refractivity contribution in [1.82, 2.24) is 0 Å². The lowest BCUT2D eigenvalue weighted by atomic mass is 10.2. The van der Waals surface area contributed by atoms with Gasteiger partial charge in [0, 0.05) is 34.6 Å². The van der Waals surface area contributed by atoms with Gasteiger partial charge in [0.2, 0.25) is 0 Å². The maximum atomic E-state index is 10.6. The summed E-state index contributed by atoms with van der Waals surface area (Å²) in [4.78, 5) is 13.0. The maximum Gasteiger partial charge on any atom is 0.150 e. The Bertz CT molecular complexity index is 364. The molecule has 1 aromatic rings. The van der Waals surface area contributed by atoms with Crippen LogP contribution in [0, 0.1) is 0 Å². The van der Waals surface area contributed by atoms with Gasteiger partial charge in [-0.2, -0.15) is 11.8 Å². The molecule has 1 aliphatic rings. The molecule has 0 atom stereocenters. The zero-order valence-electron chi connectivity index (χ0n) is 8.28. The molecule has 0 saturated carbocycles. The lowest BCUT2D eigenvalue weighted by molar-refractivity contribution is 0.112. The SMILES string of the molecule is O=Cc1ccc(N2CCSCC2)c(Br)c1. The lowest BCUT2D eigenvalue weighted by Crippen LogP contribution is -2.32. The Morgan fingerprint density at radius 2 is 2.07 bits per heavy atom. The van der Waals surface area contributed by atoms with Crippen molar-refractivity contribution in [2.24, 2.45) is 0 Å². The van der Waals surface area contributed by atoms with Crippen molar-refractivity contribution in [2.45, 2.75) is 0 Å². The zero-order chi connectivity index (χ0) is 10.7. The molecular weight excluding hydrogens is 274 g/mol. The highest BCUT2D eigenvalue weighted by Gasteiger charge is 2.13. The summed E-state index contributed by atoms with van der Waals surface area (Å²) < 4.78 is 1.01. The van der Waals surface area contributed by atoms with Crippen LogP contribution in [0.2, 0.25) is 0 Å². The van der Waals surface area contributed by atoms with Gasteiger partial charge in [-0.25, -0.2) is 0 Å². The van der Waals surface area contributed by atoms with Crippen LogP contribution in [0.1, 0.15) is 10.4 Å². The first-order chi connectivity index (χ1) is 7.31. The van der Waals surface area contributed by atoms with Gasteiger partial charge < -0.3 is 4.90 Å². The van der Waals surface area contributed by atoms with Crippen LogP contribution in [0.4, 0.5) is 5.69 Å². The fraction of sp³-hybridized carbons (Fsp3) is 0.364. The molecule has 0 bridgehead atoms. The monoisotopic (exact) mass is 285 g/mol. The van der Waals surface area contributed by atoms with Crippen LogP contribution in [-0.2, 0) is 0 Å². The van der Waals surface area contributed by atoms with E-state index in [2.05, 4.69) is 20.8 Å². The average molecular weight is 286 g/mol. The molecule has 0 aromatic heterocycles. The van der Waals surface area contributed by atoms with Crippen LogP contribution in [0.15, 0.2) is 22.7 Å². The predicted octanol–water partition coefficient (Wildman–Crippen LogP) is 2.81. The van der Waals surface area contributed by atoms with E-state index in [4.69, 9.17) is 0 Å². The van der Waals surface area contributed by atoms with E-state index in [0.717, 1.165) is 29.4 Å². The normalized spacial score (nSPS) is 16.5. The van der Waals surface area contributed by atoms with E-state index in [1.807, 2.05) is 30.0 Å². The molecule has 1 fully saturated rings. The Morgan fingerprint density at radius 1 is 1.33 bits per heavy atom. The molecule has 0 radical (unpaired) electrons. The molecule has 4 heteroatoms. The molecule has 1 aromatic carbocycles. The Kier molecular flexibility index (Phi) is 3.70. The molecule has 1 heterocycles. The summed E-state index contributed by atoms with van der Waals surface area (Å²) in [6, 6.07) is 5.77. The molecule has 2 nitrogen and oxygen atoms in total. The number of anilines is 1. The first-order valence-corrected chi connectivity index (χ1v) is 6.83. The number of halogens is 1.